The second kappa shape index (κ2) is 5.30. The maximum Gasteiger partial charge on any atom is 0.335 e. The number of carbonyl (C=O) groups excluding carboxylic acids is 1. The summed E-state index contributed by atoms with van der Waals surface area (Å²) in [5.74, 6) is -0.967. The Morgan fingerprint density at radius 1 is 1.37 bits per heavy atom. The van der Waals surface area contributed by atoms with Crippen molar-refractivity contribution in [2.45, 2.75) is 38.8 Å². The average Bonchev–Trinajstić information content (AvgIpc) is 3.12. The Hall–Kier alpha value is -2.04. The third kappa shape index (κ3) is 3.47. The van der Waals surface area contributed by atoms with E-state index in [2.05, 4.69) is 10.6 Å². The standard InChI is InChI=1S/C14H18N2O3/c1-8-7-11(5-6-12(8)14(18)19)15-9(2)13(17)16-10-3-4-10/h5-7,9-10,15H,3-4H2,1-2H3,(H,16,17)(H,18,19). The number of rotatable bonds is 5. The highest BCUT2D eigenvalue weighted by Gasteiger charge is 2.25. The van der Waals surface area contributed by atoms with Gasteiger partial charge in [0.15, 0.2) is 0 Å². The third-order valence-corrected chi connectivity index (χ3v) is 3.16. The van der Waals surface area contributed by atoms with Crippen LogP contribution in [0.4, 0.5) is 5.69 Å². The largest absolute Gasteiger partial charge is 0.478 e. The van der Waals surface area contributed by atoms with Crippen LogP contribution < -0.4 is 10.6 Å². The Morgan fingerprint density at radius 3 is 2.58 bits per heavy atom. The topological polar surface area (TPSA) is 78.4 Å². The summed E-state index contributed by atoms with van der Waals surface area (Å²) in [6.45, 7) is 3.53. The SMILES string of the molecule is Cc1cc(NC(C)C(=O)NC2CC2)ccc1C(=O)O. The molecule has 0 saturated heterocycles. The van der Waals surface area contributed by atoms with Crippen LogP contribution in [-0.4, -0.2) is 29.1 Å². The van der Waals surface area contributed by atoms with Crippen LogP contribution in [0.3, 0.4) is 0 Å². The lowest BCUT2D eigenvalue weighted by Gasteiger charge is -2.15. The Balaban J connectivity index is 1.99. The number of benzene rings is 1. The molecule has 0 aromatic heterocycles. The molecule has 1 amide bonds. The molecular formula is C14H18N2O3. The number of carboxylic acids is 1. The van der Waals surface area contributed by atoms with E-state index in [0.717, 1.165) is 18.5 Å². The van der Waals surface area contributed by atoms with E-state index in [9.17, 15) is 9.59 Å². The van der Waals surface area contributed by atoms with Crippen LogP contribution in [0.5, 0.6) is 0 Å². The van der Waals surface area contributed by atoms with Gasteiger partial charge in [-0.15, -0.1) is 0 Å². The van der Waals surface area contributed by atoms with Gasteiger partial charge >= 0.3 is 5.97 Å². The molecule has 0 heterocycles. The summed E-state index contributed by atoms with van der Waals surface area (Å²) in [5, 5.41) is 14.9. The van der Waals surface area contributed by atoms with E-state index < -0.39 is 5.97 Å². The summed E-state index contributed by atoms with van der Waals surface area (Å²) >= 11 is 0. The minimum Gasteiger partial charge on any atom is -0.478 e. The molecule has 1 saturated carbocycles. The number of anilines is 1. The van der Waals surface area contributed by atoms with Crippen LogP contribution in [0, 0.1) is 6.92 Å². The molecule has 0 spiro atoms. The van der Waals surface area contributed by atoms with E-state index in [-0.39, 0.29) is 17.5 Å². The Bertz CT molecular complexity index is 509. The van der Waals surface area contributed by atoms with Crippen LogP contribution in [-0.2, 0) is 4.79 Å². The van der Waals surface area contributed by atoms with Gasteiger partial charge in [0.25, 0.3) is 0 Å². The second-order valence-electron chi connectivity index (χ2n) is 4.98. The van der Waals surface area contributed by atoms with Crippen LogP contribution in [0.15, 0.2) is 18.2 Å². The van der Waals surface area contributed by atoms with E-state index in [1.54, 1.807) is 32.0 Å². The van der Waals surface area contributed by atoms with Crippen molar-refractivity contribution >= 4 is 17.6 Å². The summed E-state index contributed by atoms with van der Waals surface area (Å²) in [5.41, 5.74) is 1.70. The fourth-order valence-corrected chi connectivity index (χ4v) is 1.86. The Labute approximate surface area is 112 Å². The second-order valence-corrected chi connectivity index (χ2v) is 4.98. The van der Waals surface area contributed by atoms with Crippen LogP contribution in [0.1, 0.15) is 35.7 Å². The van der Waals surface area contributed by atoms with Crippen molar-refractivity contribution in [2.24, 2.45) is 0 Å². The first kappa shape index (κ1) is 13.4. The molecule has 1 aromatic rings. The molecule has 1 atom stereocenters. The van der Waals surface area contributed by atoms with Crippen molar-refractivity contribution in [1.82, 2.24) is 5.32 Å². The van der Waals surface area contributed by atoms with Crippen molar-refractivity contribution < 1.29 is 14.7 Å². The molecule has 102 valence electrons. The maximum atomic E-state index is 11.8. The van der Waals surface area contributed by atoms with Crippen LogP contribution in [0.2, 0.25) is 0 Å². The number of hydrogen-bond donors (Lipinski definition) is 3. The van der Waals surface area contributed by atoms with Gasteiger partial charge < -0.3 is 15.7 Å². The van der Waals surface area contributed by atoms with E-state index in [1.807, 2.05) is 0 Å². The van der Waals surface area contributed by atoms with Gasteiger partial charge in [-0.1, -0.05) is 0 Å². The number of nitrogens with one attached hydrogen (secondary N) is 2. The zero-order valence-corrected chi connectivity index (χ0v) is 11.1. The first-order valence-electron chi connectivity index (χ1n) is 6.38. The van der Waals surface area contributed by atoms with E-state index >= 15 is 0 Å². The van der Waals surface area contributed by atoms with Gasteiger partial charge in [-0.25, -0.2) is 4.79 Å². The Morgan fingerprint density at radius 2 is 2.05 bits per heavy atom. The zero-order chi connectivity index (χ0) is 14.0. The van der Waals surface area contributed by atoms with E-state index in [4.69, 9.17) is 5.11 Å². The third-order valence-electron chi connectivity index (χ3n) is 3.16. The highest BCUT2D eigenvalue weighted by molar-refractivity contribution is 5.90. The molecule has 0 bridgehead atoms. The molecule has 3 N–H and O–H groups in total. The lowest BCUT2D eigenvalue weighted by molar-refractivity contribution is -0.121. The molecule has 1 aliphatic carbocycles. The minimum atomic E-state index is -0.941. The molecule has 5 heteroatoms. The van der Waals surface area contributed by atoms with Crippen molar-refractivity contribution in [3.05, 3.63) is 29.3 Å². The predicted octanol–water partition coefficient (Wildman–Crippen LogP) is 1.77. The maximum absolute atomic E-state index is 11.8. The van der Waals surface area contributed by atoms with Crippen molar-refractivity contribution in [3.8, 4) is 0 Å². The lowest BCUT2D eigenvalue weighted by Crippen LogP contribution is -2.38. The quantitative estimate of drug-likeness (QED) is 0.755. The number of aryl methyl sites for hydroxylation is 1. The van der Waals surface area contributed by atoms with Crippen molar-refractivity contribution in [1.29, 1.82) is 0 Å². The number of carbonyl (C=O) groups is 2. The van der Waals surface area contributed by atoms with E-state index in [1.165, 1.54) is 0 Å². The molecule has 1 aromatic carbocycles. The van der Waals surface area contributed by atoms with Crippen molar-refractivity contribution in [3.63, 3.8) is 0 Å². The van der Waals surface area contributed by atoms with Crippen LogP contribution >= 0.6 is 0 Å². The van der Waals surface area contributed by atoms with Gasteiger partial charge in [0.2, 0.25) is 5.91 Å². The summed E-state index contributed by atoms with van der Waals surface area (Å²) in [6.07, 6.45) is 2.12. The van der Waals surface area contributed by atoms with Gasteiger partial charge in [0.05, 0.1) is 5.56 Å². The smallest absolute Gasteiger partial charge is 0.335 e. The normalized spacial score (nSPS) is 15.7. The Kier molecular flexibility index (Phi) is 3.74. The van der Waals surface area contributed by atoms with Gasteiger partial charge in [0.1, 0.15) is 6.04 Å². The van der Waals surface area contributed by atoms with Gasteiger partial charge in [-0.05, 0) is 50.5 Å². The average molecular weight is 262 g/mol. The van der Waals surface area contributed by atoms with Gasteiger partial charge in [-0.3, -0.25) is 4.79 Å². The number of amides is 1. The van der Waals surface area contributed by atoms with Gasteiger partial charge in [-0.2, -0.15) is 0 Å². The molecule has 0 aliphatic heterocycles. The highest BCUT2D eigenvalue weighted by Crippen LogP contribution is 2.19. The molecule has 1 aliphatic rings. The number of hydrogen-bond acceptors (Lipinski definition) is 3. The predicted molar refractivity (Wildman–Crippen MR) is 72.4 cm³/mol. The fourth-order valence-electron chi connectivity index (χ4n) is 1.86. The molecule has 19 heavy (non-hydrogen) atoms. The lowest BCUT2D eigenvalue weighted by atomic mass is 10.1. The highest BCUT2D eigenvalue weighted by atomic mass is 16.4. The summed E-state index contributed by atoms with van der Waals surface area (Å²) in [6, 6.07) is 4.97. The number of aromatic carboxylic acids is 1. The monoisotopic (exact) mass is 262 g/mol. The first-order valence-corrected chi connectivity index (χ1v) is 6.38. The van der Waals surface area contributed by atoms with E-state index in [0.29, 0.717) is 11.6 Å². The van der Waals surface area contributed by atoms with Crippen LogP contribution in [0.25, 0.3) is 0 Å². The summed E-state index contributed by atoms with van der Waals surface area (Å²) < 4.78 is 0. The number of carboxylic acid groups (broad SMARTS) is 1. The fraction of sp³-hybridized carbons (Fsp3) is 0.429. The molecule has 1 unspecified atom stereocenters. The zero-order valence-electron chi connectivity index (χ0n) is 11.1. The summed E-state index contributed by atoms with van der Waals surface area (Å²) in [4.78, 5) is 22.7. The van der Waals surface area contributed by atoms with Gasteiger partial charge in [0, 0.05) is 11.7 Å². The minimum absolute atomic E-state index is 0.0255. The van der Waals surface area contributed by atoms with Crippen molar-refractivity contribution in [2.75, 3.05) is 5.32 Å². The molecule has 5 nitrogen and oxygen atoms in total. The molecule has 0 radical (unpaired) electrons. The summed E-state index contributed by atoms with van der Waals surface area (Å²) in [7, 11) is 0. The molecule has 2 rings (SSSR count). The molecular weight excluding hydrogens is 244 g/mol. The molecule has 1 fully saturated rings. The first-order chi connectivity index (χ1) is 8.97.